The molecule has 0 bridgehead atoms. The van der Waals surface area contributed by atoms with Gasteiger partial charge in [-0.15, -0.1) is 0 Å². The minimum Gasteiger partial charge on any atom is -0.399 e. The quantitative estimate of drug-likeness (QED) is 0.844. The van der Waals surface area contributed by atoms with E-state index in [9.17, 15) is 4.79 Å². The number of benzene rings is 2. The molecule has 4 nitrogen and oxygen atoms in total. The van der Waals surface area contributed by atoms with Gasteiger partial charge < -0.3 is 11.1 Å². The second-order valence-electron chi connectivity index (χ2n) is 4.95. The summed E-state index contributed by atoms with van der Waals surface area (Å²) in [7, 11) is 0. The zero-order valence-electron chi connectivity index (χ0n) is 11.9. The second-order valence-corrected chi connectivity index (χ2v) is 4.95. The molecular formula is C17H17N3O. The van der Waals surface area contributed by atoms with Crippen molar-refractivity contribution in [3.63, 3.8) is 0 Å². The molecule has 0 spiro atoms. The average molecular weight is 279 g/mol. The molecule has 0 atom stereocenters. The van der Waals surface area contributed by atoms with Crippen molar-refractivity contribution in [3.05, 3.63) is 59.2 Å². The van der Waals surface area contributed by atoms with Gasteiger partial charge in [0.25, 0.3) is 0 Å². The standard InChI is InChI=1S/C17H17N3O/c1-12-2-4-13(5-3-12)6-9-17(21)20-16-8-7-15(19)10-14(16)11-18/h2-5,7-8,10H,6,9,19H2,1H3,(H,20,21). The lowest BCUT2D eigenvalue weighted by atomic mass is 10.1. The van der Waals surface area contributed by atoms with Gasteiger partial charge in [0.15, 0.2) is 0 Å². The summed E-state index contributed by atoms with van der Waals surface area (Å²) in [6.07, 6.45) is 1.04. The summed E-state index contributed by atoms with van der Waals surface area (Å²) >= 11 is 0. The highest BCUT2D eigenvalue weighted by atomic mass is 16.1. The van der Waals surface area contributed by atoms with Crippen LogP contribution < -0.4 is 11.1 Å². The SMILES string of the molecule is Cc1ccc(CCC(=O)Nc2ccc(N)cc2C#N)cc1. The van der Waals surface area contributed by atoms with E-state index in [1.165, 1.54) is 5.56 Å². The number of nitrogen functional groups attached to an aromatic ring is 1. The summed E-state index contributed by atoms with van der Waals surface area (Å²) in [5.74, 6) is -0.114. The first kappa shape index (κ1) is 14.6. The third-order valence-electron chi connectivity index (χ3n) is 3.20. The highest BCUT2D eigenvalue weighted by Crippen LogP contribution is 2.18. The predicted molar refractivity (Wildman–Crippen MR) is 83.7 cm³/mol. The van der Waals surface area contributed by atoms with Crippen LogP contribution in [0.3, 0.4) is 0 Å². The first-order chi connectivity index (χ1) is 10.1. The van der Waals surface area contributed by atoms with E-state index < -0.39 is 0 Å². The maximum absolute atomic E-state index is 12.0. The largest absolute Gasteiger partial charge is 0.399 e. The van der Waals surface area contributed by atoms with Gasteiger partial charge in [0.1, 0.15) is 6.07 Å². The number of aryl methyl sites for hydroxylation is 2. The van der Waals surface area contributed by atoms with E-state index in [0.29, 0.717) is 29.8 Å². The molecule has 0 aromatic heterocycles. The molecule has 0 saturated carbocycles. The molecule has 3 N–H and O–H groups in total. The first-order valence-corrected chi connectivity index (χ1v) is 6.73. The van der Waals surface area contributed by atoms with Gasteiger partial charge in [0, 0.05) is 12.1 Å². The maximum atomic E-state index is 12.0. The molecule has 2 aromatic rings. The van der Waals surface area contributed by atoms with Crippen molar-refractivity contribution >= 4 is 17.3 Å². The Balaban J connectivity index is 1.96. The number of nitrogens with zero attached hydrogens (tertiary/aromatic N) is 1. The molecule has 21 heavy (non-hydrogen) atoms. The van der Waals surface area contributed by atoms with Gasteiger partial charge in [0.2, 0.25) is 5.91 Å². The number of carbonyl (C=O) groups is 1. The van der Waals surface area contributed by atoms with Crippen LogP contribution in [0.4, 0.5) is 11.4 Å². The van der Waals surface area contributed by atoms with E-state index in [1.54, 1.807) is 18.2 Å². The number of hydrogen-bond acceptors (Lipinski definition) is 3. The van der Waals surface area contributed by atoms with Crippen molar-refractivity contribution in [2.45, 2.75) is 19.8 Å². The fourth-order valence-corrected chi connectivity index (χ4v) is 1.99. The Morgan fingerprint density at radius 2 is 1.95 bits per heavy atom. The van der Waals surface area contributed by atoms with Crippen LogP contribution in [0, 0.1) is 18.3 Å². The van der Waals surface area contributed by atoms with Crippen molar-refractivity contribution in [2.75, 3.05) is 11.1 Å². The van der Waals surface area contributed by atoms with Crippen LogP contribution in [0.5, 0.6) is 0 Å². The zero-order chi connectivity index (χ0) is 15.2. The molecule has 2 aromatic carbocycles. The van der Waals surface area contributed by atoms with Crippen LogP contribution >= 0.6 is 0 Å². The van der Waals surface area contributed by atoms with Gasteiger partial charge in [-0.05, 0) is 37.1 Å². The van der Waals surface area contributed by atoms with Crippen molar-refractivity contribution < 1.29 is 4.79 Å². The summed E-state index contributed by atoms with van der Waals surface area (Å²) in [4.78, 5) is 12.0. The van der Waals surface area contributed by atoms with E-state index in [-0.39, 0.29) is 5.91 Å². The average Bonchev–Trinajstić information content (AvgIpc) is 2.48. The molecule has 1 amide bonds. The molecule has 0 radical (unpaired) electrons. The molecule has 0 unspecified atom stereocenters. The lowest BCUT2D eigenvalue weighted by Crippen LogP contribution is -2.13. The summed E-state index contributed by atoms with van der Waals surface area (Å²) in [5.41, 5.74) is 9.31. The van der Waals surface area contributed by atoms with Gasteiger partial charge in [-0.25, -0.2) is 0 Å². The van der Waals surface area contributed by atoms with E-state index in [0.717, 1.165) is 5.56 Å². The highest BCUT2D eigenvalue weighted by molar-refractivity contribution is 5.92. The number of anilines is 2. The van der Waals surface area contributed by atoms with E-state index in [2.05, 4.69) is 5.32 Å². The molecular weight excluding hydrogens is 262 g/mol. The van der Waals surface area contributed by atoms with Crippen molar-refractivity contribution in [1.29, 1.82) is 5.26 Å². The Labute approximate surface area is 124 Å². The Kier molecular flexibility index (Phi) is 4.57. The fourth-order valence-electron chi connectivity index (χ4n) is 1.99. The van der Waals surface area contributed by atoms with Crippen LogP contribution in [0.1, 0.15) is 23.1 Å². The van der Waals surface area contributed by atoms with E-state index in [1.807, 2.05) is 37.3 Å². The van der Waals surface area contributed by atoms with Crippen molar-refractivity contribution in [1.82, 2.24) is 0 Å². The van der Waals surface area contributed by atoms with Gasteiger partial charge >= 0.3 is 0 Å². The highest BCUT2D eigenvalue weighted by Gasteiger charge is 2.07. The van der Waals surface area contributed by atoms with Crippen LogP contribution in [0.15, 0.2) is 42.5 Å². The monoisotopic (exact) mass is 279 g/mol. The molecule has 0 aliphatic heterocycles. The lowest BCUT2D eigenvalue weighted by molar-refractivity contribution is -0.116. The summed E-state index contributed by atoms with van der Waals surface area (Å²) in [6.45, 7) is 2.03. The maximum Gasteiger partial charge on any atom is 0.224 e. The number of nitriles is 1. The van der Waals surface area contributed by atoms with Gasteiger partial charge in [-0.3, -0.25) is 4.79 Å². The van der Waals surface area contributed by atoms with Crippen LogP contribution in [-0.2, 0) is 11.2 Å². The Bertz CT molecular complexity index is 684. The molecule has 106 valence electrons. The van der Waals surface area contributed by atoms with Gasteiger partial charge in [-0.1, -0.05) is 29.8 Å². The van der Waals surface area contributed by atoms with Crippen molar-refractivity contribution in [3.8, 4) is 6.07 Å². The zero-order valence-corrected chi connectivity index (χ0v) is 11.9. The topological polar surface area (TPSA) is 78.9 Å². The minimum atomic E-state index is -0.114. The number of hydrogen-bond donors (Lipinski definition) is 2. The van der Waals surface area contributed by atoms with Gasteiger partial charge in [0.05, 0.1) is 11.3 Å². The number of carbonyl (C=O) groups excluding carboxylic acids is 1. The normalized spacial score (nSPS) is 9.90. The third-order valence-corrected chi connectivity index (χ3v) is 3.20. The molecule has 0 aliphatic rings. The molecule has 0 heterocycles. The van der Waals surface area contributed by atoms with Crippen LogP contribution in [0.25, 0.3) is 0 Å². The Morgan fingerprint density at radius 1 is 1.24 bits per heavy atom. The number of nitrogens with two attached hydrogens (primary N) is 1. The molecule has 0 fully saturated rings. The van der Waals surface area contributed by atoms with Gasteiger partial charge in [-0.2, -0.15) is 5.26 Å². The molecule has 4 heteroatoms. The third kappa shape index (κ3) is 4.08. The minimum absolute atomic E-state index is 0.114. The predicted octanol–water partition coefficient (Wildman–Crippen LogP) is 3.02. The lowest BCUT2D eigenvalue weighted by Gasteiger charge is -2.08. The summed E-state index contributed by atoms with van der Waals surface area (Å²) in [5, 5.41) is 11.8. The number of amides is 1. The summed E-state index contributed by atoms with van der Waals surface area (Å²) in [6, 6.07) is 15.0. The van der Waals surface area contributed by atoms with Crippen molar-refractivity contribution in [2.24, 2.45) is 0 Å². The fraction of sp³-hybridized carbons (Fsp3) is 0.176. The number of nitrogens with one attached hydrogen (secondary N) is 1. The Morgan fingerprint density at radius 3 is 2.62 bits per heavy atom. The Hall–Kier alpha value is -2.80. The molecule has 0 saturated heterocycles. The summed E-state index contributed by atoms with van der Waals surface area (Å²) < 4.78 is 0. The van der Waals surface area contributed by atoms with Crippen LogP contribution in [0.2, 0.25) is 0 Å². The van der Waals surface area contributed by atoms with E-state index in [4.69, 9.17) is 11.0 Å². The first-order valence-electron chi connectivity index (χ1n) is 6.73. The smallest absolute Gasteiger partial charge is 0.224 e. The second kappa shape index (κ2) is 6.58. The molecule has 0 aliphatic carbocycles. The number of rotatable bonds is 4. The van der Waals surface area contributed by atoms with Crippen LogP contribution in [-0.4, -0.2) is 5.91 Å². The van der Waals surface area contributed by atoms with E-state index >= 15 is 0 Å². The molecule has 2 rings (SSSR count).